The van der Waals surface area contributed by atoms with Gasteiger partial charge in [0.2, 0.25) is 5.95 Å². The first-order valence-corrected chi connectivity index (χ1v) is 9.57. The van der Waals surface area contributed by atoms with Crippen molar-refractivity contribution < 1.29 is 14.3 Å². The van der Waals surface area contributed by atoms with Gasteiger partial charge in [-0.15, -0.1) is 0 Å². The number of hydrogen-bond acceptors (Lipinski definition) is 7. The van der Waals surface area contributed by atoms with E-state index in [1.807, 2.05) is 25.1 Å². The van der Waals surface area contributed by atoms with Crippen LogP contribution >= 0.6 is 0 Å². The quantitative estimate of drug-likeness (QED) is 0.477. The largest absolute Gasteiger partial charge is 0.496 e. The van der Waals surface area contributed by atoms with Crippen LogP contribution in [0.1, 0.15) is 48.6 Å². The van der Waals surface area contributed by atoms with Crippen LogP contribution in [0.15, 0.2) is 18.2 Å². The molecule has 7 heteroatoms. The molecule has 0 fully saturated rings. The first-order valence-electron chi connectivity index (χ1n) is 9.57. The minimum absolute atomic E-state index is 0.210. The van der Waals surface area contributed by atoms with Crippen molar-refractivity contribution in [3.8, 4) is 5.75 Å². The highest BCUT2D eigenvalue weighted by molar-refractivity contribution is 5.72. The van der Waals surface area contributed by atoms with Crippen molar-refractivity contribution in [3.05, 3.63) is 40.6 Å². The van der Waals surface area contributed by atoms with Crippen LogP contribution in [-0.2, 0) is 22.4 Å². The van der Waals surface area contributed by atoms with Crippen molar-refractivity contribution in [2.24, 2.45) is 0 Å². The molecule has 28 heavy (non-hydrogen) atoms. The van der Waals surface area contributed by atoms with Crippen LogP contribution in [0.3, 0.4) is 0 Å². The number of benzene rings is 1. The van der Waals surface area contributed by atoms with E-state index in [0.29, 0.717) is 6.42 Å². The maximum atomic E-state index is 11.5. The SMILES string of the molecule is CCCCCNc1nc(N)nc(C)c1Cc1ccc(CC(=O)OC)cc1OC. The molecule has 1 aromatic heterocycles. The summed E-state index contributed by atoms with van der Waals surface area (Å²) >= 11 is 0. The Bertz CT molecular complexity index is 808. The van der Waals surface area contributed by atoms with Crippen LogP contribution in [0.2, 0.25) is 0 Å². The van der Waals surface area contributed by atoms with E-state index in [-0.39, 0.29) is 18.3 Å². The molecule has 152 valence electrons. The van der Waals surface area contributed by atoms with E-state index < -0.39 is 0 Å². The number of ether oxygens (including phenoxy) is 2. The molecule has 7 nitrogen and oxygen atoms in total. The third-order valence-corrected chi connectivity index (χ3v) is 4.60. The second-order valence-electron chi connectivity index (χ2n) is 6.70. The highest BCUT2D eigenvalue weighted by Gasteiger charge is 2.15. The van der Waals surface area contributed by atoms with E-state index in [9.17, 15) is 4.79 Å². The molecular formula is C21H30N4O3. The molecule has 0 spiro atoms. The fraction of sp³-hybridized carbons (Fsp3) is 0.476. The van der Waals surface area contributed by atoms with Crippen molar-refractivity contribution in [3.63, 3.8) is 0 Å². The molecule has 1 aromatic carbocycles. The number of unbranched alkanes of at least 4 members (excludes halogenated alkanes) is 2. The van der Waals surface area contributed by atoms with E-state index in [0.717, 1.165) is 59.8 Å². The summed E-state index contributed by atoms with van der Waals surface area (Å²) in [4.78, 5) is 20.3. The molecule has 2 rings (SSSR count). The summed E-state index contributed by atoms with van der Waals surface area (Å²) in [5.74, 6) is 1.46. The molecule has 0 aliphatic carbocycles. The number of aryl methyl sites for hydroxylation is 1. The second-order valence-corrected chi connectivity index (χ2v) is 6.70. The summed E-state index contributed by atoms with van der Waals surface area (Å²) in [6.45, 7) is 4.95. The number of nitrogens with one attached hydrogen (secondary N) is 1. The van der Waals surface area contributed by atoms with Gasteiger partial charge in [-0.3, -0.25) is 4.79 Å². The average Bonchev–Trinajstić information content (AvgIpc) is 2.68. The predicted octanol–water partition coefficient (Wildman–Crippen LogP) is 3.28. The molecule has 3 N–H and O–H groups in total. The molecule has 0 saturated heterocycles. The molecule has 0 amide bonds. The van der Waals surface area contributed by atoms with Gasteiger partial charge in [0.25, 0.3) is 0 Å². The first-order chi connectivity index (χ1) is 13.5. The number of aromatic nitrogens is 2. The molecule has 1 heterocycles. The van der Waals surface area contributed by atoms with Crippen LogP contribution in [0.25, 0.3) is 0 Å². The van der Waals surface area contributed by atoms with Gasteiger partial charge in [-0.25, -0.2) is 4.98 Å². The van der Waals surface area contributed by atoms with E-state index in [2.05, 4.69) is 22.2 Å². The zero-order valence-electron chi connectivity index (χ0n) is 17.2. The number of anilines is 2. The average molecular weight is 386 g/mol. The van der Waals surface area contributed by atoms with E-state index >= 15 is 0 Å². The standard InChI is InChI=1S/C21H30N4O3/c1-5-6-7-10-23-20-17(14(2)24-21(22)25-20)13-16-9-8-15(11-18(16)27-3)12-19(26)28-4/h8-9,11H,5-7,10,12-13H2,1-4H3,(H3,22,23,24,25). The van der Waals surface area contributed by atoms with Gasteiger partial charge in [0.15, 0.2) is 0 Å². The lowest BCUT2D eigenvalue weighted by Crippen LogP contribution is -2.12. The Kier molecular flexibility index (Phi) is 8.04. The van der Waals surface area contributed by atoms with Gasteiger partial charge in [-0.2, -0.15) is 4.98 Å². The first kappa shape index (κ1) is 21.5. The van der Waals surface area contributed by atoms with Crippen LogP contribution < -0.4 is 15.8 Å². The monoisotopic (exact) mass is 386 g/mol. The number of nitrogen functional groups attached to an aromatic ring is 1. The fourth-order valence-corrected chi connectivity index (χ4v) is 3.03. The minimum Gasteiger partial charge on any atom is -0.496 e. The summed E-state index contributed by atoms with van der Waals surface area (Å²) in [7, 11) is 3.00. The summed E-state index contributed by atoms with van der Waals surface area (Å²) in [6, 6.07) is 5.75. The van der Waals surface area contributed by atoms with Gasteiger partial charge < -0.3 is 20.5 Å². The minimum atomic E-state index is -0.281. The van der Waals surface area contributed by atoms with Crippen molar-refractivity contribution in [1.82, 2.24) is 9.97 Å². The highest BCUT2D eigenvalue weighted by atomic mass is 16.5. The van der Waals surface area contributed by atoms with Crippen LogP contribution in [0, 0.1) is 6.92 Å². The normalized spacial score (nSPS) is 10.6. The van der Waals surface area contributed by atoms with E-state index in [1.54, 1.807) is 7.11 Å². The summed E-state index contributed by atoms with van der Waals surface area (Å²) < 4.78 is 10.3. The Hall–Kier alpha value is -2.83. The van der Waals surface area contributed by atoms with Crippen molar-refractivity contribution in [2.45, 2.75) is 46.0 Å². The smallest absolute Gasteiger partial charge is 0.309 e. The lowest BCUT2D eigenvalue weighted by molar-refractivity contribution is -0.139. The number of carbonyl (C=O) groups is 1. The maximum Gasteiger partial charge on any atom is 0.309 e. The Morgan fingerprint density at radius 3 is 2.68 bits per heavy atom. The van der Waals surface area contributed by atoms with Crippen molar-refractivity contribution in [2.75, 3.05) is 31.8 Å². The molecule has 0 aliphatic rings. The Morgan fingerprint density at radius 1 is 1.21 bits per heavy atom. The van der Waals surface area contributed by atoms with Gasteiger partial charge >= 0.3 is 5.97 Å². The Morgan fingerprint density at radius 2 is 2.00 bits per heavy atom. The lowest BCUT2D eigenvalue weighted by atomic mass is 10.0. The predicted molar refractivity (Wildman–Crippen MR) is 111 cm³/mol. The molecule has 0 atom stereocenters. The third kappa shape index (κ3) is 5.84. The van der Waals surface area contributed by atoms with Crippen LogP contribution in [-0.4, -0.2) is 36.7 Å². The fourth-order valence-electron chi connectivity index (χ4n) is 3.03. The lowest BCUT2D eigenvalue weighted by Gasteiger charge is -2.16. The van der Waals surface area contributed by atoms with Gasteiger partial charge in [0.1, 0.15) is 11.6 Å². The number of esters is 1. The second kappa shape index (κ2) is 10.5. The maximum absolute atomic E-state index is 11.5. The number of nitrogens with two attached hydrogens (primary N) is 1. The van der Waals surface area contributed by atoms with Gasteiger partial charge in [0.05, 0.1) is 20.6 Å². The molecule has 2 aromatic rings. The Balaban J connectivity index is 2.27. The summed E-state index contributed by atoms with van der Waals surface area (Å²) in [5.41, 5.74) is 9.52. The number of nitrogens with zero attached hydrogens (tertiary/aromatic N) is 2. The molecule has 0 bridgehead atoms. The third-order valence-electron chi connectivity index (χ3n) is 4.60. The summed E-state index contributed by atoms with van der Waals surface area (Å²) in [6.07, 6.45) is 4.21. The van der Waals surface area contributed by atoms with Gasteiger partial charge in [0, 0.05) is 24.2 Å². The topological polar surface area (TPSA) is 99.4 Å². The number of hydrogen-bond donors (Lipinski definition) is 2. The van der Waals surface area contributed by atoms with Crippen LogP contribution in [0.4, 0.5) is 11.8 Å². The van der Waals surface area contributed by atoms with Crippen molar-refractivity contribution in [1.29, 1.82) is 0 Å². The zero-order valence-corrected chi connectivity index (χ0v) is 17.2. The van der Waals surface area contributed by atoms with E-state index in [1.165, 1.54) is 7.11 Å². The number of methoxy groups -OCH3 is 2. The van der Waals surface area contributed by atoms with Crippen molar-refractivity contribution >= 4 is 17.7 Å². The summed E-state index contributed by atoms with van der Waals surface area (Å²) in [5, 5.41) is 3.40. The molecule has 0 aliphatic heterocycles. The van der Waals surface area contributed by atoms with E-state index in [4.69, 9.17) is 15.2 Å². The molecule has 0 unspecified atom stereocenters. The number of rotatable bonds is 10. The van der Waals surface area contributed by atoms with Gasteiger partial charge in [-0.05, 0) is 30.5 Å². The van der Waals surface area contributed by atoms with Gasteiger partial charge in [-0.1, -0.05) is 31.9 Å². The zero-order chi connectivity index (χ0) is 20.5. The van der Waals surface area contributed by atoms with Crippen LogP contribution in [0.5, 0.6) is 5.75 Å². The molecular weight excluding hydrogens is 356 g/mol. The number of carbonyl (C=O) groups excluding carboxylic acids is 1. The Labute approximate surface area is 166 Å². The molecule has 0 saturated carbocycles. The molecule has 0 radical (unpaired) electrons. The highest BCUT2D eigenvalue weighted by Crippen LogP contribution is 2.27.